The summed E-state index contributed by atoms with van der Waals surface area (Å²) in [4.78, 5) is 25.1. The van der Waals surface area contributed by atoms with Gasteiger partial charge in [-0.15, -0.1) is 0 Å². The maximum atomic E-state index is 12.7. The number of rotatable bonds is 14. The highest BCUT2D eigenvalue weighted by molar-refractivity contribution is 5.87. The fourth-order valence-electron chi connectivity index (χ4n) is 5.35. The van der Waals surface area contributed by atoms with Crippen LogP contribution in [0.15, 0.2) is 48.5 Å². The molecule has 1 aliphatic rings. The third-order valence-corrected chi connectivity index (χ3v) is 7.71. The average Bonchev–Trinajstić information content (AvgIpc) is 2.92. The Labute approximate surface area is 234 Å². The number of benzene rings is 2. The zero-order valence-corrected chi connectivity index (χ0v) is 23.7. The highest BCUT2D eigenvalue weighted by Gasteiger charge is 2.27. The Balaban J connectivity index is 1.45. The summed E-state index contributed by atoms with van der Waals surface area (Å²) >= 11 is 0. The molecular weight excluding hydrogens is 488 g/mol. The number of esters is 2. The molecule has 4 N–H and O–H groups in total. The number of hydrogen-bond acceptors (Lipinski definition) is 6. The Kier molecular flexibility index (Phi) is 12.4. The predicted octanol–water partition coefficient (Wildman–Crippen LogP) is 7.67. The van der Waals surface area contributed by atoms with Crippen LogP contribution in [0.4, 0.5) is 11.4 Å². The highest BCUT2D eigenvalue weighted by Crippen LogP contribution is 2.33. The SMILES string of the molecule is CCCCCC1CCC(C(=O)Oc2ccc(/C=C/C(=O)OCC(CCCC)c3cc(N)cc(N)c3)cc2)CC1. The second-order valence-electron chi connectivity index (χ2n) is 10.9. The van der Waals surface area contributed by atoms with Gasteiger partial charge in [0.1, 0.15) is 5.75 Å². The topological polar surface area (TPSA) is 105 Å². The molecule has 0 aromatic heterocycles. The first kappa shape index (κ1) is 30.3. The van der Waals surface area contributed by atoms with Crippen molar-refractivity contribution in [3.05, 3.63) is 59.7 Å². The first-order valence-corrected chi connectivity index (χ1v) is 14.7. The lowest BCUT2D eigenvalue weighted by Gasteiger charge is -2.27. The first-order valence-electron chi connectivity index (χ1n) is 14.7. The van der Waals surface area contributed by atoms with Gasteiger partial charge in [-0.05, 0) is 85.6 Å². The Hall–Kier alpha value is -3.28. The lowest BCUT2D eigenvalue weighted by atomic mass is 9.80. The van der Waals surface area contributed by atoms with Crippen LogP contribution in [-0.2, 0) is 14.3 Å². The Morgan fingerprint density at radius 2 is 1.59 bits per heavy atom. The van der Waals surface area contributed by atoms with Crippen LogP contribution in [0, 0.1) is 11.8 Å². The van der Waals surface area contributed by atoms with Crippen molar-refractivity contribution >= 4 is 29.4 Å². The summed E-state index contributed by atoms with van der Waals surface area (Å²) in [7, 11) is 0. The van der Waals surface area contributed by atoms with Gasteiger partial charge >= 0.3 is 11.9 Å². The minimum Gasteiger partial charge on any atom is -0.462 e. The molecule has 0 heterocycles. The Morgan fingerprint density at radius 3 is 2.23 bits per heavy atom. The third-order valence-electron chi connectivity index (χ3n) is 7.71. The predicted molar refractivity (Wildman–Crippen MR) is 159 cm³/mol. The molecule has 0 spiro atoms. The number of nitrogen functional groups attached to an aromatic ring is 2. The van der Waals surface area contributed by atoms with Crippen molar-refractivity contribution in [1.29, 1.82) is 0 Å². The van der Waals surface area contributed by atoms with Crippen LogP contribution in [0.1, 0.15) is 102 Å². The van der Waals surface area contributed by atoms with Crippen LogP contribution in [0.3, 0.4) is 0 Å². The molecule has 0 saturated heterocycles. The number of nitrogens with two attached hydrogens (primary N) is 2. The summed E-state index contributed by atoms with van der Waals surface area (Å²) in [5.41, 5.74) is 15.0. The molecule has 1 unspecified atom stereocenters. The van der Waals surface area contributed by atoms with E-state index >= 15 is 0 Å². The fraction of sp³-hybridized carbons (Fsp3) is 0.515. The molecule has 0 radical (unpaired) electrons. The normalized spacial score (nSPS) is 18.1. The average molecular weight is 535 g/mol. The molecule has 212 valence electrons. The van der Waals surface area contributed by atoms with Crippen molar-refractivity contribution in [2.45, 2.75) is 90.4 Å². The van der Waals surface area contributed by atoms with Gasteiger partial charge in [0.15, 0.2) is 0 Å². The van der Waals surface area contributed by atoms with Gasteiger partial charge in [-0.1, -0.05) is 64.5 Å². The van der Waals surface area contributed by atoms with Crippen molar-refractivity contribution in [2.75, 3.05) is 18.1 Å². The maximum absolute atomic E-state index is 12.7. The summed E-state index contributed by atoms with van der Waals surface area (Å²) in [6.07, 6.45) is 15.3. The van der Waals surface area contributed by atoms with Crippen molar-refractivity contribution in [3.63, 3.8) is 0 Å². The van der Waals surface area contributed by atoms with Crippen LogP contribution >= 0.6 is 0 Å². The Morgan fingerprint density at radius 1 is 0.923 bits per heavy atom. The molecule has 2 aromatic rings. The van der Waals surface area contributed by atoms with Crippen LogP contribution in [0.5, 0.6) is 5.75 Å². The quantitative estimate of drug-likeness (QED) is 0.0847. The summed E-state index contributed by atoms with van der Waals surface area (Å²) < 4.78 is 11.2. The molecule has 0 amide bonds. The minimum atomic E-state index is -0.408. The van der Waals surface area contributed by atoms with Crippen molar-refractivity contribution < 1.29 is 19.1 Å². The van der Waals surface area contributed by atoms with Gasteiger partial charge in [-0.2, -0.15) is 0 Å². The molecule has 1 atom stereocenters. The van der Waals surface area contributed by atoms with Gasteiger partial charge in [0.2, 0.25) is 0 Å². The maximum Gasteiger partial charge on any atom is 0.330 e. The summed E-state index contributed by atoms with van der Waals surface area (Å²) in [6.45, 7) is 4.63. The Bertz CT molecular complexity index is 1050. The zero-order chi connectivity index (χ0) is 28.0. The van der Waals surface area contributed by atoms with E-state index in [-0.39, 0.29) is 24.4 Å². The molecule has 1 aliphatic carbocycles. The monoisotopic (exact) mass is 534 g/mol. The minimum absolute atomic E-state index is 0.00770. The van der Waals surface area contributed by atoms with Crippen LogP contribution in [-0.4, -0.2) is 18.5 Å². The molecule has 6 heteroatoms. The van der Waals surface area contributed by atoms with Gasteiger partial charge < -0.3 is 20.9 Å². The van der Waals surface area contributed by atoms with E-state index in [4.69, 9.17) is 20.9 Å². The van der Waals surface area contributed by atoms with E-state index < -0.39 is 5.97 Å². The van der Waals surface area contributed by atoms with E-state index in [0.717, 1.165) is 62.0 Å². The summed E-state index contributed by atoms with van der Waals surface area (Å²) in [6, 6.07) is 12.7. The fourth-order valence-corrected chi connectivity index (χ4v) is 5.35. The van der Waals surface area contributed by atoms with Gasteiger partial charge in [0.05, 0.1) is 12.5 Å². The molecular formula is C33H46N2O4. The molecule has 3 rings (SSSR count). The molecule has 1 saturated carbocycles. The van der Waals surface area contributed by atoms with E-state index in [1.165, 1.54) is 31.8 Å². The summed E-state index contributed by atoms with van der Waals surface area (Å²) in [5.74, 6) is 0.786. The van der Waals surface area contributed by atoms with E-state index in [0.29, 0.717) is 17.1 Å². The molecule has 2 aromatic carbocycles. The van der Waals surface area contributed by atoms with Gasteiger partial charge in [-0.25, -0.2) is 4.79 Å². The highest BCUT2D eigenvalue weighted by atomic mass is 16.5. The first-order chi connectivity index (χ1) is 18.9. The molecule has 1 fully saturated rings. The van der Waals surface area contributed by atoms with Gasteiger partial charge in [0, 0.05) is 23.4 Å². The number of anilines is 2. The van der Waals surface area contributed by atoms with E-state index in [1.807, 2.05) is 24.3 Å². The van der Waals surface area contributed by atoms with Crippen LogP contribution in [0.2, 0.25) is 0 Å². The molecule has 39 heavy (non-hydrogen) atoms. The second-order valence-corrected chi connectivity index (χ2v) is 10.9. The second kappa shape index (κ2) is 16.0. The van der Waals surface area contributed by atoms with E-state index in [9.17, 15) is 9.59 Å². The number of hydrogen-bond donors (Lipinski definition) is 2. The number of ether oxygens (including phenoxy) is 2. The van der Waals surface area contributed by atoms with E-state index in [1.54, 1.807) is 24.3 Å². The molecule has 0 bridgehead atoms. The standard InChI is InChI=1S/C33H46N2O4/c1-3-5-7-8-24-10-15-26(16-11-24)33(37)39-31-17-12-25(13-18-31)14-19-32(36)38-23-27(9-6-4-2)28-20-29(34)22-30(35)21-28/h12-14,17-22,24,26-27H,3-11,15-16,23,34-35H2,1-2H3/b19-14+. The van der Waals surface area contributed by atoms with Gasteiger partial charge in [0.25, 0.3) is 0 Å². The van der Waals surface area contributed by atoms with Crippen LogP contribution < -0.4 is 16.2 Å². The molecule has 0 aliphatic heterocycles. The van der Waals surface area contributed by atoms with Crippen molar-refractivity contribution in [3.8, 4) is 5.75 Å². The number of unbranched alkanes of at least 4 members (excludes halogenated alkanes) is 3. The molecule has 6 nitrogen and oxygen atoms in total. The zero-order valence-electron chi connectivity index (χ0n) is 23.7. The van der Waals surface area contributed by atoms with E-state index in [2.05, 4.69) is 13.8 Å². The lowest BCUT2D eigenvalue weighted by molar-refractivity contribution is -0.140. The smallest absolute Gasteiger partial charge is 0.330 e. The van der Waals surface area contributed by atoms with Gasteiger partial charge in [-0.3, -0.25) is 4.79 Å². The summed E-state index contributed by atoms with van der Waals surface area (Å²) in [5, 5.41) is 0. The number of carbonyl (C=O) groups excluding carboxylic acids is 2. The lowest BCUT2D eigenvalue weighted by Crippen LogP contribution is -2.25. The third kappa shape index (κ3) is 10.4. The van der Waals surface area contributed by atoms with Crippen LogP contribution in [0.25, 0.3) is 6.08 Å². The van der Waals surface area contributed by atoms with Crippen molar-refractivity contribution in [2.24, 2.45) is 11.8 Å². The largest absolute Gasteiger partial charge is 0.462 e. The number of carbonyl (C=O) groups is 2. The van der Waals surface area contributed by atoms with Crippen molar-refractivity contribution in [1.82, 2.24) is 0 Å².